The molecular weight excluding hydrogens is 435 g/mol. The minimum absolute atomic E-state index is 0.106. The van der Waals surface area contributed by atoms with Crippen LogP contribution in [0.5, 0.6) is 0 Å². The highest BCUT2D eigenvalue weighted by atomic mass is 35.5. The first-order chi connectivity index (χ1) is 15.1. The lowest BCUT2D eigenvalue weighted by atomic mass is 10.1. The van der Waals surface area contributed by atoms with E-state index in [2.05, 4.69) is 15.2 Å². The Hall–Kier alpha value is -2.71. The molecule has 0 aliphatic carbocycles. The maximum absolute atomic E-state index is 13.4. The van der Waals surface area contributed by atoms with Crippen molar-refractivity contribution in [2.45, 2.75) is 39.6 Å². The molecule has 1 aliphatic rings. The summed E-state index contributed by atoms with van der Waals surface area (Å²) >= 11 is 6.00. The lowest BCUT2D eigenvalue weighted by molar-refractivity contribution is 0.0139. The predicted molar refractivity (Wildman–Crippen MR) is 122 cm³/mol. The monoisotopic (exact) mass is 462 g/mol. The number of ether oxygens (including phenoxy) is 1. The third-order valence-corrected chi connectivity index (χ3v) is 5.20. The maximum atomic E-state index is 13.4. The van der Waals surface area contributed by atoms with Crippen LogP contribution in [0, 0.1) is 0 Å². The molecule has 1 aromatic carbocycles. The predicted octanol–water partition coefficient (Wildman–Crippen LogP) is 4.51. The second kappa shape index (κ2) is 10.3. The summed E-state index contributed by atoms with van der Waals surface area (Å²) in [5.41, 5.74) is 1.56. The number of pyridine rings is 1. The fourth-order valence-corrected chi connectivity index (χ4v) is 3.64. The van der Waals surface area contributed by atoms with Crippen LogP contribution in [0.1, 0.15) is 42.3 Å². The largest absolute Gasteiger partial charge is 0.444 e. The van der Waals surface area contributed by atoms with Crippen LogP contribution in [0.4, 0.5) is 14.9 Å². The fraction of sp³-hybridized carbons (Fsp3) is 0.435. The van der Waals surface area contributed by atoms with Gasteiger partial charge in [-0.05, 0) is 56.2 Å². The highest BCUT2D eigenvalue weighted by molar-refractivity contribution is 6.33. The van der Waals surface area contributed by atoms with Gasteiger partial charge in [0.25, 0.3) is 5.91 Å². The van der Waals surface area contributed by atoms with Crippen LogP contribution in [0.25, 0.3) is 0 Å². The number of anilines is 1. The summed E-state index contributed by atoms with van der Waals surface area (Å²) in [5, 5.41) is 2.88. The number of hydrogen-bond acceptors (Lipinski definition) is 5. The van der Waals surface area contributed by atoms with E-state index in [4.69, 9.17) is 16.3 Å². The Balaban J connectivity index is 1.63. The minimum atomic E-state index is -0.642. The number of piperazine rings is 1. The zero-order valence-electron chi connectivity index (χ0n) is 18.5. The van der Waals surface area contributed by atoms with Crippen molar-refractivity contribution in [3.05, 3.63) is 58.4 Å². The number of nitrogens with one attached hydrogen (secondary N) is 1. The zero-order chi connectivity index (χ0) is 23.3. The van der Waals surface area contributed by atoms with Crippen LogP contribution in [0.2, 0.25) is 5.15 Å². The Kier molecular flexibility index (Phi) is 7.69. The number of hydrogen-bond donors (Lipinski definition) is 1. The molecule has 2 heterocycles. The van der Waals surface area contributed by atoms with Crippen molar-refractivity contribution in [1.82, 2.24) is 14.8 Å². The molecule has 1 N–H and O–H groups in total. The highest BCUT2D eigenvalue weighted by Gasteiger charge is 2.26. The topological polar surface area (TPSA) is 74.8 Å². The van der Waals surface area contributed by atoms with Gasteiger partial charge in [-0.15, -0.1) is 0 Å². The van der Waals surface area contributed by atoms with E-state index in [1.807, 2.05) is 26.8 Å². The Morgan fingerprint density at radius 2 is 1.84 bits per heavy atom. The molecule has 9 heteroatoms. The van der Waals surface area contributed by atoms with E-state index in [0.29, 0.717) is 44.0 Å². The molecular formula is C23H28ClFN4O3. The molecule has 1 aliphatic heterocycles. The second-order valence-corrected chi connectivity index (χ2v) is 9.07. The molecule has 0 unspecified atom stereocenters. The van der Waals surface area contributed by atoms with Gasteiger partial charge in [-0.2, -0.15) is 0 Å². The van der Waals surface area contributed by atoms with Crippen molar-refractivity contribution >= 4 is 29.3 Å². The summed E-state index contributed by atoms with van der Waals surface area (Å²) in [6, 6.07) is 8.41. The van der Waals surface area contributed by atoms with Crippen LogP contribution in [-0.4, -0.2) is 58.6 Å². The number of rotatable bonds is 5. The summed E-state index contributed by atoms with van der Waals surface area (Å²) in [5.74, 6) is -0.406. The highest BCUT2D eigenvalue weighted by Crippen LogP contribution is 2.21. The van der Waals surface area contributed by atoms with Crippen LogP contribution < -0.4 is 5.32 Å². The number of alkyl halides is 1. The zero-order valence-corrected chi connectivity index (χ0v) is 19.3. The number of carbonyl (C=O) groups is 2. The molecule has 1 saturated heterocycles. The smallest absolute Gasteiger partial charge is 0.410 e. The summed E-state index contributed by atoms with van der Waals surface area (Å²) < 4.78 is 18.9. The number of amides is 2. The molecule has 0 bridgehead atoms. The first-order valence-electron chi connectivity index (χ1n) is 10.5. The van der Waals surface area contributed by atoms with Gasteiger partial charge in [0.05, 0.1) is 5.56 Å². The van der Waals surface area contributed by atoms with Gasteiger partial charge < -0.3 is 15.0 Å². The third kappa shape index (κ3) is 6.64. The van der Waals surface area contributed by atoms with Crippen LogP contribution in [0.15, 0.2) is 36.5 Å². The molecule has 172 valence electrons. The molecule has 0 spiro atoms. The minimum Gasteiger partial charge on any atom is -0.444 e. The van der Waals surface area contributed by atoms with E-state index in [1.54, 1.807) is 29.2 Å². The van der Waals surface area contributed by atoms with Crippen molar-refractivity contribution < 1.29 is 18.7 Å². The first-order valence-corrected chi connectivity index (χ1v) is 10.8. The normalized spacial score (nSPS) is 14.8. The molecule has 32 heavy (non-hydrogen) atoms. The molecule has 2 aromatic rings. The van der Waals surface area contributed by atoms with Gasteiger partial charge in [-0.3, -0.25) is 9.69 Å². The molecule has 0 radical (unpaired) electrons. The molecule has 3 rings (SSSR count). The SMILES string of the molecule is CC(C)(C)OC(=O)N1CCN(Cc2cc(CF)cc(NC(=O)c3cccnc3Cl)c2)CC1. The van der Waals surface area contributed by atoms with Crippen molar-refractivity contribution in [1.29, 1.82) is 0 Å². The van der Waals surface area contributed by atoms with E-state index in [1.165, 1.54) is 6.20 Å². The number of carbonyl (C=O) groups excluding carboxylic acids is 2. The van der Waals surface area contributed by atoms with Crippen LogP contribution >= 0.6 is 11.6 Å². The first kappa shape index (κ1) is 23.9. The number of benzene rings is 1. The van der Waals surface area contributed by atoms with Gasteiger partial charge in [-0.1, -0.05) is 17.7 Å². The van der Waals surface area contributed by atoms with Crippen molar-refractivity contribution in [3.63, 3.8) is 0 Å². The lowest BCUT2D eigenvalue weighted by Crippen LogP contribution is -2.49. The molecule has 0 saturated carbocycles. The Bertz CT molecular complexity index is 972. The Morgan fingerprint density at radius 3 is 2.47 bits per heavy atom. The van der Waals surface area contributed by atoms with E-state index in [-0.39, 0.29) is 16.8 Å². The standard InChI is InChI=1S/C23H28ClFN4O3/c1-23(2,3)32-22(31)29-9-7-28(8-10-29)15-17-11-16(14-25)12-18(13-17)27-21(30)19-5-4-6-26-20(19)24/h4-6,11-13H,7-10,14-15H2,1-3H3,(H,27,30). The van der Waals surface area contributed by atoms with E-state index < -0.39 is 18.2 Å². The molecule has 0 atom stereocenters. The molecule has 1 fully saturated rings. The summed E-state index contributed by atoms with van der Waals surface area (Å²) in [6.07, 6.45) is 1.19. The number of halogens is 2. The summed E-state index contributed by atoms with van der Waals surface area (Å²) in [7, 11) is 0. The lowest BCUT2D eigenvalue weighted by Gasteiger charge is -2.35. The third-order valence-electron chi connectivity index (χ3n) is 4.90. The van der Waals surface area contributed by atoms with Gasteiger partial charge in [0, 0.05) is 44.6 Å². The fourth-order valence-electron chi connectivity index (χ4n) is 3.43. The molecule has 2 amide bonds. The van der Waals surface area contributed by atoms with Gasteiger partial charge in [0.1, 0.15) is 17.4 Å². The molecule has 7 nitrogen and oxygen atoms in total. The average Bonchev–Trinajstić information content (AvgIpc) is 2.73. The summed E-state index contributed by atoms with van der Waals surface area (Å²) in [6.45, 7) is 7.93. The second-order valence-electron chi connectivity index (χ2n) is 8.71. The Morgan fingerprint density at radius 1 is 1.16 bits per heavy atom. The van der Waals surface area contributed by atoms with Crippen molar-refractivity contribution in [2.24, 2.45) is 0 Å². The van der Waals surface area contributed by atoms with Crippen LogP contribution in [-0.2, 0) is 18.0 Å². The van der Waals surface area contributed by atoms with Crippen LogP contribution in [0.3, 0.4) is 0 Å². The van der Waals surface area contributed by atoms with E-state index in [9.17, 15) is 14.0 Å². The molecule has 1 aromatic heterocycles. The van der Waals surface area contributed by atoms with Crippen molar-refractivity contribution in [3.8, 4) is 0 Å². The number of nitrogens with zero attached hydrogens (tertiary/aromatic N) is 3. The average molecular weight is 463 g/mol. The quantitative estimate of drug-likeness (QED) is 0.662. The van der Waals surface area contributed by atoms with Gasteiger partial charge >= 0.3 is 6.09 Å². The Labute approximate surface area is 192 Å². The maximum Gasteiger partial charge on any atom is 0.410 e. The number of aromatic nitrogens is 1. The summed E-state index contributed by atoms with van der Waals surface area (Å²) in [4.78, 5) is 32.6. The van der Waals surface area contributed by atoms with Gasteiger partial charge in [-0.25, -0.2) is 14.2 Å². The van der Waals surface area contributed by atoms with E-state index >= 15 is 0 Å². The van der Waals surface area contributed by atoms with Gasteiger partial charge in [0.2, 0.25) is 0 Å². The van der Waals surface area contributed by atoms with Crippen molar-refractivity contribution in [2.75, 3.05) is 31.5 Å². The van der Waals surface area contributed by atoms with Gasteiger partial charge in [0.15, 0.2) is 0 Å². The van der Waals surface area contributed by atoms with E-state index in [0.717, 1.165) is 5.56 Å².